The van der Waals surface area contributed by atoms with Crippen LogP contribution >= 0.6 is 11.6 Å². The van der Waals surface area contributed by atoms with Crippen LogP contribution in [0.25, 0.3) is 0 Å². The fourth-order valence-corrected chi connectivity index (χ4v) is 4.10. The van der Waals surface area contributed by atoms with Crippen molar-refractivity contribution in [1.82, 2.24) is 10.2 Å². The van der Waals surface area contributed by atoms with Crippen molar-refractivity contribution in [1.29, 1.82) is 0 Å². The molecule has 2 rings (SSSR count). The summed E-state index contributed by atoms with van der Waals surface area (Å²) in [6.07, 6.45) is 0.958. The zero-order valence-electron chi connectivity index (χ0n) is 18.4. The Bertz CT molecular complexity index is 1060. The number of amides is 2. The summed E-state index contributed by atoms with van der Waals surface area (Å²) in [5.74, 6) is -1.50. The Morgan fingerprint density at radius 3 is 2.25 bits per heavy atom. The number of halogens is 2. The molecular weight excluding hydrogens is 457 g/mol. The van der Waals surface area contributed by atoms with E-state index < -0.39 is 34.3 Å². The van der Waals surface area contributed by atoms with Gasteiger partial charge in [0.15, 0.2) is 0 Å². The van der Waals surface area contributed by atoms with Gasteiger partial charge in [-0.3, -0.25) is 13.9 Å². The van der Waals surface area contributed by atoms with E-state index in [1.54, 1.807) is 45.0 Å². The first-order valence-corrected chi connectivity index (χ1v) is 12.2. The van der Waals surface area contributed by atoms with Gasteiger partial charge >= 0.3 is 0 Å². The lowest BCUT2D eigenvalue weighted by Gasteiger charge is -2.32. The second-order valence-electron chi connectivity index (χ2n) is 7.74. The Labute approximate surface area is 193 Å². The molecule has 0 aromatic heterocycles. The van der Waals surface area contributed by atoms with E-state index in [9.17, 15) is 22.4 Å². The van der Waals surface area contributed by atoms with Crippen LogP contribution in [0.3, 0.4) is 0 Å². The van der Waals surface area contributed by atoms with E-state index in [0.717, 1.165) is 22.7 Å². The number of anilines is 1. The van der Waals surface area contributed by atoms with E-state index >= 15 is 0 Å². The molecule has 0 heterocycles. The molecule has 0 bridgehead atoms. The number of benzene rings is 2. The minimum atomic E-state index is -3.86. The van der Waals surface area contributed by atoms with Crippen LogP contribution in [0.15, 0.2) is 48.5 Å². The monoisotopic (exact) mass is 483 g/mol. The van der Waals surface area contributed by atoms with Crippen LogP contribution in [0.2, 0.25) is 5.02 Å². The van der Waals surface area contributed by atoms with Gasteiger partial charge < -0.3 is 10.2 Å². The van der Waals surface area contributed by atoms with Gasteiger partial charge in [0.05, 0.1) is 11.9 Å². The molecular formula is C22H27ClFN3O4S. The molecule has 1 N–H and O–H groups in total. The number of nitrogens with one attached hydrogen (secondary N) is 1. The Morgan fingerprint density at radius 2 is 1.72 bits per heavy atom. The van der Waals surface area contributed by atoms with Crippen LogP contribution in [-0.4, -0.2) is 50.0 Å². The van der Waals surface area contributed by atoms with Crippen LogP contribution in [0.4, 0.5) is 10.1 Å². The highest BCUT2D eigenvalue weighted by Crippen LogP contribution is 2.20. The molecule has 0 radical (unpaired) electrons. The van der Waals surface area contributed by atoms with Gasteiger partial charge in [0.25, 0.3) is 0 Å². The first kappa shape index (κ1) is 25.6. The zero-order chi connectivity index (χ0) is 24.1. The van der Waals surface area contributed by atoms with Gasteiger partial charge in [-0.15, -0.1) is 0 Å². The molecule has 174 valence electrons. The van der Waals surface area contributed by atoms with Crippen molar-refractivity contribution in [2.45, 2.75) is 39.4 Å². The second kappa shape index (κ2) is 10.8. The van der Waals surface area contributed by atoms with Crippen LogP contribution < -0.4 is 9.62 Å². The number of rotatable bonds is 9. The van der Waals surface area contributed by atoms with Gasteiger partial charge in [-0.2, -0.15) is 0 Å². The number of carbonyl (C=O) groups is 2. The Morgan fingerprint density at radius 1 is 1.09 bits per heavy atom. The lowest BCUT2D eigenvalue weighted by atomic mass is 10.1. The third kappa shape index (κ3) is 7.20. The minimum Gasteiger partial charge on any atom is -0.352 e. The smallest absolute Gasteiger partial charge is 0.244 e. The summed E-state index contributed by atoms with van der Waals surface area (Å²) >= 11 is 6.05. The van der Waals surface area contributed by atoms with Gasteiger partial charge in [-0.05, 0) is 62.7 Å². The average Bonchev–Trinajstić information content (AvgIpc) is 2.69. The number of nitrogens with zero attached hydrogens (tertiary/aromatic N) is 2. The SMILES string of the molecule is CC(C)NC(=O)C(C)N(Cc1cccc(Cl)c1)C(=O)CN(c1ccc(F)cc1)S(C)(=O)=O. The van der Waals surface area contributed by atoms with E-state index in [1.165, 1.54) is 17.0 Å². The number of sulfonamides is 1. The quantitative estimate of drug-likeness (QED) is 0.593. The highest BCUT2D eigenvalue weighted by molar-refractivity contribution is 7.92. The van der Waals surface area contributed by atoms with E-state index in [2.05, 4.69) is 5.32 Å². The summed E-state index contributed by atoms with van der Waals surface area (Å²) in [6.45, 7) is 4.67. The molecule has 10 heteroatoms. The van der Waals surface area contributed by atoms with Gasteiger partial charge in [-0.25, -0.2) is 12.8 Å². The van der Waals surface area contributed by atoms with Crippen molar-refractivity contribution in [2.24, 2.45) is 0 Å². The predicted octanol–water partition coefficient (Wildman–Crippen LogP) is 3.19. The van der Waals surface area contributed by atoms with E-state index in [1.807, 2.05) is 0 Å². The van der Waals surface area contributed by atoms with Crippen LogP contribution in [0, 0.1) is 5.82 Å². The van der Waals surface area contributed by atoms with Gasteiger partial charge in [0.2, 0.25) is 21.8 Å². The largest absolute Gasteiger partial charge is 0.352 e. The lowest BCUT2D eigenvalue weighted by molar-refractivity contribution is -0.139. The highest BCUT2D eigenvalue weighted by Gasteiger charge is 2.30. The van der Waals surface area contributed by atoms with E-state index in [-0.39, 0.29) is 24.2 Å². The minimum absolute atomic E-state index is 0.0487. The predicted molar refractivity (Wildman–Crippen MR) is 123 cm³/mol. The summed E-state index contributed by atoms with van der Waals surface area (Å²) in [5, 5.41) is 3.23. The molecule has 32 heavy (non-hydrogen) atoms. The van der Waals surface area contributed by atoms with Crippen molar-refractivity contribution in [3.8, 4) is 0 Å². The van der Waals surface area contributed by atoms with Crippen molar-refractivity contribution in [3.05, 3.63) is 64.9 Å². The molecule has 2 amide bonds. The third-order valence-electron chi connectivity index (χ3n) is 4.63. The number of hydrogen-bond acceptors (Lipinski definition) is 4. The summed E-state index contributed by atoms with van der Waals surface area (Å²) < 4.78 is 39.0. The van der Waals surface area contributed by atoms with Crippen LogP contribution in [-0.2, 0) is 26.2 Å². The molecule has 2 aromatic rings. The first-order valence-electron chi connectivity index (χ1n) is 9.96. The van der Waals surface area contributed by atoms with Crippen LogP contribution in [0.1, 0.15) is 26.3 Å². The van der Waals surface area contributed by atoms with Crippen molar-refractivity contribution >= 4 is 39.1 Å². The Balaban J connectivity index is 2.38. The summed E-state index contributed by atoms with van der Waals surface area (Å²) in [7, 11) is -3.86. The molecule has 0 aliphatic carbocycles. The van der Waals surface area contributed by atoms with Crippen molar-refractivity contribution < 1.29 is 22.4 Å². The molecule has 7 nitrogen and oxygen atoms in total. The Kier molecular flexibility index (Phi) is 8.63. The molecule has 0 aliphatic heterocycles. The van der Waals surface area contributed by atoms with E-state index in [0.29, 0.717) is 10.6 Å². The normalized spacial score (nSPS) is 12.3. The molecule has 0 aliphatic rings. The van der Waals surface area contributed by atoms with E-state index in [4.69, 9.17) is 11.6 Å². The number of carbonyl (C=O) groups excluding carboxylic acids is 2. The summed E-state index contributed by atoms with van der Waals surface area (Å²) in [5.41, 5.74) is 0.826. The average molecular weight is 484 g/mol. The first-order chi connectivity index (χ1) is 14.9. The number of hydrogen-bond donors (Lipinski definition) is 1. The molecule has 2 aromatic carbocycles. The maximum atomic E-state index is 13.3. The fourth-order valence-electron chi connectivity index (χ4n) is 3.04. The summed E-state index contributed by atoms with van der Waals surface area (Å²) in [4.78, 5) is 27.2. The third-order valence-corrected chi connectivity index (χ3v) is 6.01. The summed E-state index contributed by atoms with van der Waals surface area (Å²) in [6, 6.07) is 10.6. The highest BCUT2D eigenvalue weighted by atomic mass is 35.5. The van der Waals surface area contributed by atoms with Gasteiger partial charge in [-0.1, -0.05) is 23.7 Å². The maximum Gasteiger partial charge on any atom is 0.244 e. The topological polar surface area (TPSA) is 86.8 Å². The van der Waals surface area contributed by atoms with Crippen molar-refractivity contribution in [3.63, 3.8) is 0 Å². The second-order valence-corrected chi connectivity index (χ2v) is 10.1. The molecule has 0 saturated carbocycles. The lowest BCUT2D eigenvalue weighted by Crippen LogP contribution is -2.52. The standard InChI is InChI=1S/C22H27ClFN3O4S/c1-15(2)25-22(29)16(3)26(13-17-6-5-7-18(23)12-17)21(28)14-27(32(4,30)31)20-10-8-19(24)9-11-20/h5-12,15-16H,13-14H2,1-4H3,(H,25,29). The molecule has 1 atom stereocenters. The molecule has 1 unspecified atom stereocenters. The maximum absolute atomic E-state index is 13.3. The fraction of sp³-hybridized carbons (Fsp3) is 0.364. The Hall–Kier alpha value is -2.65. The van der Waals surface area contributed by atoms with Gasteiger partial charge in [0.1, 0.15) is 18.4 Å². The zero-order valence-corrected chi connectivity index (χ0v) is 20.0. The van der Waals surface area contributed by atoms with Gasteiger partial charge in [0, 0.05) is 17.6 Å². The van der Waals surface area contributed by atoms with Crippen molar-refractivity contribution in [2.75, 3.05) is 17.1 Å². The molecule has 0 fully saturated rings. The molecule has 0 saturated heterocycles. The molecule has 0 spiro atoms. The van der Waals surface area contributed by atoms with Crippen LogP contribution in [0.5, 0.6) is 0 Å².